The molecule has 3 heteroatoms. The zero-order valence-electron chi connectivity index (χ0n) is 4.97. The van der Waals surface area contributed by atoms with Gasteiger partial charge in [0.2, 0.25) is 0 Å². The van der Waals surface area contributed by atoms with Crippen LogP contribution in [0.3, 0.4) is 0 Å². The molecule has 0 bridgehead atoms. The van der Waals surface area contributed by atoms with Crippen LogP contribution in [0.25, 0.3) is 0 Å². The summed E-state index contributed by atoms with van der Waals surface area (Å²) in [7, 11) is 1.19. The van der Waals surface area contributed by atoms with Crippen molar-refractivity contribution in [3.05, 3.63) is 17.9 Å². The number of carbonyl (C=O) groups excluding carboxylic acids is 1. The van der Waals surface area contributed by atoms with E-state index in [1.165, 1.54) is 7.11 Å². The van der Waals surface area contributed by atoms with Gasteiger partial charge in [-0.2, -0.15) is 5.26 Å². The maximum Gasteiger partial charge on any atom is 0.356 e. The predicted octanol–water partition coefficient (Wildman–Crippen LogP) is 0.394. The summed E-state index contributed by atoms with van der Waals surface area (Å²) in [5.74, 6) is -0.701. The van der Waals surface area contributed by atoms with Crippen LogP contribution in [0, 0.1) is 11.3 Å². The molecular weight excluding hydrogens is 118 g/mol. The minimum atomic E-state index is -0.701. The van der Waals surface area contributed by atoms with Gasteiger partial charge in [-0.05, 0) is 0 Å². The number of nitriles is 1. The molecule has 0 spiro atoms. The summed E-state index contributed by atoms with van der Waals surface area (Å²) in [5.41, 5.74) is 1.94. The number of esters is 1. The lowest BCUT2D eigenvalue weighted by Crippen LogP contribution is -2.01. The molecule has 46 valence electrons. The van der Waals surface area contributed by atoms with Gasteiger partial charge in [-0.3, -0.25) is 0 Å². The zero-order valence-corrected chi connectivity index (χ0v) is 4.97. The van der Waals surface area contributed by atoms with Crippen LogP contribution in [0.4, 0.5) is 0 Å². The van der Waals surface area contributed by atoms with E-state index in [9.17, 15) is 4.79 Å². The molecule has 0 saturated carbocycles. The van der Waals surface area contributed by atoms with Crippen LogP contribution in [0.1, 0.15) is 0 Å². The van der Waals surface area contributed by atoms with E-state index in [4.69, 9.17) is 5.26 Å². The molecule has 0 aromatic carbocycles. The third kappa shape index (κ3) is 1.81. The summed E-state index contributed by atoms with van der Waals surface area (Å²) in [6, 6.07) is 1.57. The van der Waals surface area contributed by atoms with Gasteiger partial charge in [-0.1, -0.05) is 6.58 Å². The van der Waals surface area contributed by atoms with Crippen LogP contribution in [-0.2, 0) is 9.53 Å². The number of rotatable bonds is 1. The average molecular weight is 123 g/mol. The van der Waals surface area contributed by atoms with Gasteiger partial charge in [-0.25, -0.2) is 4.79 Å². The molecule has 0 aliphatic carbocycles. The van der Waals surface area contributed by atoms with Gasteiger partial charge >= 0.3 is 5.97 Å². The van der Waals surface area contributed by atoms with E-state index in [0.29, 0.717) is 0 Å². The Morgan fingerprint density at radius 2 is 2.33 bits per heavy atom. The van der Waals surface area contributed by atoms with Crippen molar-refractivity contribution in [1.29, 1.82) is 5.26 Å². The summed E-state index contributed by atoms with van der Waals surface area (Å²) < 4.78 is 4.19. The van der Waals surface area contributed by atoms with E-state index < -0.39 is 5.97 Å². The third-order valence-electron chi connectivity index (χ3n) is 0.678. The van der Waals surface area contributed by atoms with E-state index >= 15 is 0 Å². The summed E-state index contributed by atoms with van der Waals surface area (Å²) >= 11 is 0. The summed E-state index contributed by atoms with van der Waals surface area (Å²) in [4.78, 5) is 10.4. The Labute approximate surface area is 52.9 Å². The van der Waals surface area contributed by atoms with E-state index in [1.807, 2.05) is 0 Å². The molecule has 0 aliphatic rings. The van der Waals surface area contributed by atoms with Crippen molar-refractivity contribution in [3.8, 4) is 6.07 Å². The van der Waals surface area contributed by atoms with Crippen molar-refractivity contribution in [2.45, 2.75) is 0 Å². The minimum Gasteiger partial charge on any atom is -0.464 e. The Hall–Kier alpha value is -1.52. The second kappa shape index (κ2) is 3.48. The number of hydrogen-bond donors (Lipinski definition) is 0. The maximum absolute atomic E-state index is 10.4. The summed E-state index contributed by atoms with van der Waals surface area (Å²) in [6.07, 6.45) is 0. The van der Waals surface area contributed by atoms with Gasteiger partial charge in [0.05, 0.1) is 7.11 Å². The quantitative estimate of drug-likeness (QED) is 0.219. The van der Waals surface area contributed by atoms with Gasteiger partial charge in [-0.15, -0.1) is 5.73 Å². The first-order valence-corrected chi connectivity index (χ1v) is 2.14. The second-order valence-corrected chi connectivity index (χ2v) is 1.16. The third-order valence-corrected chi connectivity index (χ3v) is 0.678. The smallest absolute Gasteiger partial charge is 0.356 e. The Balaban J connectivity index is 4.39. The average Bonchev–Trinajstić information content (AvgIpc) is 1.90. The highest BCUT2D eigenvalue weighted by Gasteiger charge is 2.04. The minimum absolute atomic E-state index is 0.197. The highest BCUT2D eigenvalue weighted by Crippen LogP contribution is 1.89. The van der Waals surface area contributed by atoms with Crippen molar-refractivity contribution in [2.75, 3.05) is 7.11 Å². The molecule has 0 aliphatic heterocycles. The van der Waals surface area contributed by atoms with Crippen molar-refractivity contribution >= 4 is 5.97 Å². The van der Waals surface area contributed by atoms with Gasteiger partial charge in [0, 0.05) is 0 Å². The van der Waals surface area contributed by atoms with Crippen molar-refractivity contribution in [2.24, 2.45) is 0 Å². The molecule has 9 heavy (non-hydrogen) atoms. The molecular formula is C6H5NO2. The molecule has 0 rings (SSSR count). The molecule has 0 fully saturated rings. The molecule has 0 atom stereocenters. The standard InChI is InChI=1S/C6H5NO2/c1-3-5(4-7)6(8)9-2/h1H2,2H3. The van der Waals surface area contributed by atoms with Crippen LogP contribution in [0.2, 0.25) is 0 Å². The first-order chi connectivity index (χ1) is 4.26. The summed E-state index contributed by atoms with van der Waals surface area (Å²) in [6.45, 7) is 3.12. The fourth-order valence-electron chi connectivity index (χ4n) is 0.259. The van der Waals surface area contributed by atoms with Crippen LogP contribution in [0.5, 0.6) is 0 Å². The van der Waals surface area contributed by atoms with Gasteiger partial charge < -0.3 is 4.74 Å². The van der Waals surface area contributed by atoms with E-state index in [1.54, 1.807) is 6.07 Å². The molecule has 0 unspecified atom stereocenters. The lowest BCUT2D eigenvalue weighted by atomic mass is 10.3. The van der Waals surface area contributed by atoms with Gasteiger partial charge in [0.25, 0.3) is 0 Å². The molecule has 0 aromatic heterocycles. The molecule has 0 radical (unpaired) electrons. The molecule has 3 nitrogen and oxygen atoms in total. The first-order valence-electron chi connectivity index (χ1n) is 2.14. The highest BCUT2D eigenvalue weighted by atomic mass is 16.5. The Morgan fingerprint density at radius 1 is 1.78 bits per heavy atom. The van der Waals surface area contributed by atoms with Crippen molar-refractivity contribution < 1.29 is 9.53 Å². The normalized spacial score (nSPS) is 6.67. The monoisotopic (exact) mass is 123 g/mol. The number of hydrogen-bond acceptors (Lipinski definition) is 3. The fraction of sp³-hybridized carbons (Fsp3) is 0.167. The Kier molecular flexibility index (Phi) is 2.89. The molecule has 0 heterocycles. The number of ether oxygens (including phenoxy) is 1. The van der Waals surface area contributed by atoms with Crippen LogP contribution < -0.4 is 0 Å². The second-order valence-electron chi connectivity index (χ2n) is 1.16. The largest absolute Gasteiger partial charge is 0.464 e. The maximum atomic E-state index is 10.4. The highest BCUT2D eigenvalue weighted by molar-refractivity contribution is 5.92. The summed E-state index contributed by atoms with van der Waals surface area (Å²) in [5, 5.41) is 8.14. The van der Waals surface area contributed by atoms with E-state index in [-0.39, 0.29) is 5.57 Å². The Bertz CT molecular complexity index is 206. The number of methoxy groups -OCH3 is 1. The predicted molar refractivity (Wildman–Crippen MR) is 30.3 cm³/mol. The fourth-order valence-corrected chi connectivity index (χ4v) is 0.259. The van der Waals surface area contributed by atoms with E-state index in [0.717, 1.165) is 0 Å². The zero-order chi connectivity index (χ0) is 7.28. The van der Waals surface area contributed by atoms with Crippen LogP contribution in [-0.4, -0.2) is 13.1 Å². The number of carbonyl (C=O) groups is 1. The first kappa shape index (κ1) is 7.48. The van der Waals surface area contributed by atoms with E-state index in [2.05, 4.69) is 17.0 Å². The SMILES string of the molecule is C=C=C(C#N)C(=O)OC. The van der Waals surface area contributed by atoms with Gasteiger partial charge in [0.15, 0.2) is 5.57 Å². The van der Waals surface area contributed by atoms with Crippen molar-refractivity contribution in [1.82, 2.24) is 0 Å². The molecule has 0 aromatic rings. The lowest BCUT2D eigenvalue weighted by Gasteiger charge is -1.89. The van der Waals surface area contributed by atoms with Crippen molar-refractivity contribution in [3.63, 3.8) is 0 Å². The number of nitrogens with zero attached hydrogens (tertiary/aromatic N) is 1. The van der Waals surface area contributed by atoms with Gasteiger partial charge in [0.1, 0.15) is 6.07 Å². The Morgan fingerprint density at radius 3 is 2.44 bits per heavy atom. The topological polar surface area (TPSA) is 50.1 Å². The molecule has 0 saturated heterocycles. The molecule has 0 N–H and O–H groups in total. The van der Waals surface area contributed by atoms with Crippen LogP contribution >= 0.6 is 0 Å². The van der Waals surface area contributed by atoms with Crippen LogP contribution in [0.15, 0.2) is 17.9 Å². The molecule has 0 amide bonds. The lowest BCUT2D eigenvalue weighted by molar-refractivity contribution is -0.135.